The lowest BCUT2D eigenvalue weighted by atomic mass is 10.4. The molecule has 0 aliphatic rings. The summed E-state index contributed by atoms with van der Waals surface area (Å²) in [6, 6.07) is 9.52. The van der Waals surface area contributed by atoms with Crippen LogP contribution in [0.4, 0.5) is 0 Å². The molecular formula is C14H15NO3S. The minimum absolute atomic E-state index is 0.130. The van der Waals surface area contributed by atoms with E-state index < -0.39 is 11.9 Å². The summed E-state index contributed by atoms with van der Waals surface area (Å²) in [5.74, 6) is 1.44. The van der Waals surface area contributed by atoms with Crippen LogP contribution in [0, 0.1) is 12.3 Å². The zero-order chi connectivity index (χ0) is 14.1. The van der Waals surface area contributed by atoms with Gasteiger partial charge in [-0.05, 0) is 19.1 Å². The normalized spacial score (nSPS) is 11.2. The first-order valence-electron chi connectivity index (χ1n) is 5.72. The molecule has 1 N–H and O–H groups in total. The molecule has 0 aliphatic heterocycles. The number of carbonyl (C=O) groups excluding carboxylic acids is 2. The quantitative estimate of drug-likeness (QED) is 0.486. The van der Waals surface area contributed by atoms with Crippen molar-refractivity contribution in [2.75, 3.05) is 13.2 Å². The van der Waals surface area contributed by atoms with Gasteiger partial charge in [0.2, 0.25) is 0 Å². The van der Waals surface area contributed by atoms with Crippen molar-refractivity contribution >= 4 is 23.6 Å². The molecule has 4 nitrogen and oxygen atoms in total. The van der Waals surface area contributed by atoms with Crippen molar-refractivity contribution in [3.8, 4) is 12.3 Å². The molecule has 1 amide bonds. The molecule has 0 aromatic heterocycles. The average Bonchev–Trinajstić information content (AvgIpc) is 2.43. The van der Waals surface area contributed by atoms with Crippen molar-refractivity contribution in [3.63, 3.8) is 0 Å². The highest BCUT2D eigenvalue weighted by Crippen LogP contribution is 2.23. The molecule has 0 saturated heterocycles. The van der Waals surface area contributed by atoms with Crippen LogP contribution in [0.1, 0.15) is 6.92 Å². The third kappa shape index (κ3) is 5.98. The Kier molecular flexibility index (Phi) is 6.55. The van der Waals surface area contributed by atoms with Gasteiger partial charge in [0.25, 0.3) is 5.91 Å². The molecule has 0 aliphatic carbocycles. The third-order valence-electron chi connectivity index (χ3n) is 2.12. The van der Waals surface area contributed by atoms with Gasteiger partial charge in [-0.15, -0.1) is 18.2 Å². The fraction of sp³-hybridized carbons (Fsp3) is 0.286. The number of hydrogen-bond acceptors (Lipinski definition) is 4. The SMILES string of the molecule is C#CCNC(=O)COC(=O)[C@H](C)Sc1ccccc1. The fourth-order valence-corrected chi connectivity index (χ4v) is 2.09. The lowest BCUT2D eigenvalue weighted by Gasteiger charge is -2.10. The molecule has 5 heteroatoms. The van der Waals surface area contributed by atoms with E-state index in [0.29, 0.717) is 0 Å². The number of carbonyl (C=O) groups is 2. The summed E-state index contributed by atoms with van der Waals surface area (Å²) in [5.41, 5.74) is 0. The summed E-state index contributed by atoms with van der Waals surface area (Å²) in [4.78, 5) is 23.8. The van der Waals surface area contributed by atoms with Crippen molar-refractivity contribution in [1.82, 2.24) is 5.32 Å². The monoisotopic (exact) mass is 277 g/mol. The van der Waals surface area contributed by atoms with Gasteiger partial charge in [0, 0.05) is 4.90 Å². The Labute approximate surface area is 116 Å². The summed E-state index contributed by atoms with van der Waals surface area (Å²) >= 11 is 1.38. The summed E-state index contributed by atoms with van der Waals surface area (Å²) in [5, 5.41) is 2.04. The van der Waals surface area contributed by atoms with Crippen LogP contribution in [0.5, 0.6) is 0 Å². The number of terminal acetylenes is 1. The van der Waals surface area contributed by atoms with Crippen LogP contribution < -0.4 is 5.32 Å². The Hall–Kier alpha value is -1.93. The van der Waals surface area contributed by atoms with Crippen molar-refractivity contribution in [2.24, 2.45) is 0 Å². The minimum atomic E-state index is -0.426. The van der Waals surface area contributed by atoms with E-state index in [1.165, 1.54) is 11.8 Å². The molecule has 100 valence electrons. The van der Waals surface area contributed by atoms with Crippen molar-refractivity contribution in [2.45, 2.75) is 17.1 Å². The van der Waals surface area contributed by atoms with Gasteiger partial charge in [-0.1, -0.05) is 24.1 Å². The van der Waals surface area contributed by atoms with Crippen LogP contribution >= 0.6 is 11.8 Å². The maximum absolute atomic E-state index is 11.7. The molecule has 1 rings (SSSR count). The van der Waals surface area contributed by atoms with E-state index in [1.54, 1.807) is 6.92 Å². The Bertz CT molecular complexity index is 467. The summed E-state index contributed by atoms with van der Waals surface area (Å²) in [6.07, 6.45) is 4.99. The van der Waals surface area contributed by atoms with Gasteiger partial charge in [-0.3, -0.25) is 9.59 Å². The fourth-order valence-electron chi connectivity index (χ4n) is 1.21. The second kappa shape index (κ2) is 8.22. The second-order valence-corrected chi connectivity index (χ2v) is 5.08. The molecule has 0 bridgehead atoms. The number of hydrogen-bond donors (Lipinski definition) is 1. The molecule has 0 spiro atoms. The van der Waals surface area contributed by atoms with E-state index in [2.05, 4.69) is 11.2 Å². The lowest BCUT2D eigenvalue weighted by molar-refractivity contribution is -0.147. The zero-order valence-corrected chi connectivity index (χ0v) is 11.4. The Morgan fingerprint density at radius 2 is 2.11 bits per heavy atom. The lowest BCUT2D eigenvalue weighted by Crippen LogP contribution is -2.30. The van der Waals surface area contributed by atoms with E-state index in [-0.39, 0.29) is 18.4 Å². The smallest absolute Gasteiger partial charge is 0.319 e. The van der Waals surface area contributed by atoms with Gasteiger partial charge < -0.3 is 10.1 Å². The van der Waals surface area contributed by atoms with E-state index in [9.17, 15) is 9.59 Å². The van der Waals surface area contributed by atoms with Crippen molar-refractivity contribution < 1.29 is 14.3 Å². The van der Waals surface area contributed by atoms with Crippen LogP contribution in [-0.4, -0.2) is 30.3 Å². The third-order valence-corrected chi connectivity index (χ3v) is 3.21. The second-order valence-electron chi connectivity index (χ2n) is 3.66. The van der Waals surface area contributed by atoms with Gasteiger partial charge in [0.1, 0.15) is 5.25 Å². The van der Waals surface area contributed by atoms with Crippen LogP contribution in [-0.2, 0) is 14.3 Å². The van der Waals surface area contributed by atoms with E-state index in [0.717, 1.165) is 4.90 Å². The predicted octanol–water partition coefficient (Wildman–Crippen LogP) is 1.46. The topological polar surface area (TPSA) is 55.4 Å². The van der Waals surface area contributed by atoms with Crippen molar-refractivity contribution in [1.29, 1.82) is 0 Å². The van der Waals surface area contributed by atoms with Gasteiger partial charge in [0.05, 0.1) is 6.54 Å². The van der Waals surface area contributed by atoms with Crippen LogP contribution in [0.25, 0.3) is 0 Å². The molecule has 1 aromatic rings. The molecule has 1 atom stereocenters. The molecular weight excluding hydrogens is 262 g/mol. The molecule has 0 radical (unpaired) electrons. The summed E-state index contributed by atoms with van der Waals surface area (Å²) in [6.45, 7) is 1.56. The number of amides is 1. The highest BCUT2D eigenvalue weighted by Gasteiger charge is 2.16. The van der Waals surface area contributed by atoms with Crippen LogP contribution in [0.15, 0.2) is 35.2 Å². The van der Waals surface area contributed by atoms with Crippen LogP contribution in [0.3, 0.4) is 0 Å². The highest BCUT2D eigenvalue weighted by atomic mass is 32.2. The van der Waals surface area contributed by atoms with Gasteiger partial charge in [-0.2, -0.15) is 0 Å². The minimum Gasteiger partial charge on any atom is -0.455 e. The highest BCUT2D eigenvalue weighted by molar-refractivity contribution is 8.00. The first-order chi connectivity index (χ1) is 9.13. The van der Waals surface area contributed by atoms with E-state index >= 15 is 0 Å². The standard InChI is InChI=1S/C14H15NO3S/c1-3-9-15-13(16)10-18-14(17)11(2)19-12-7-5-4-6-8-12/h1,4-8,11H,9-10H2,2H3,(H,15,16)/t11-/m0/s1. The van der Waals surface area contributed by atoms with Gasteiger partial charge in [-0.25, -0.2) is 0 Å². The number of ether oxygens (including phenoxy) is 1. The summed E-state index contributed by atoms with van der Waals surface area (Å²) in [7, 11) is 0. The summed E-state index contributed by atoms with van der Waals surface area (Å²) < 4.78 is 4.89. The zero-order valence-electron chi connectivity index (χ0n) is 10.6. The van der Waals surface area contributed by atoms with Gasteiger partial charge in [0.15, 0.2) is 6.61 Å². The first-order valence-corrected chi connectivity index (χ1v) is 6.60. The van der Waals surface area contributed by atoms with Crippen LogP contribution in [0.2, 0.25) is 0 Å². The van der Waals surface area contributed by atoms with Gasteiger partial charge >= 0.3 is 5.97 Å². The maximum Gasteiger partial charge on any atom is 0.319 e. The molecule has 0 heterocycles. The Morgan fingerprint density at radius 1 is 1.42 bits per heavy atom. The van der Waals surface area contributed by atoms with E-state index in [4.69, 9.17) is 11.2 Å². The molecule has 19 heavy (non-hydrogen) atoms. The molecule has 0 saturated carbocycles. The maximum atomic E-state index is 11.7. The van der Waals surface area contributed by atoms with E-state index in [1.807, 2.05) is 30.3 Å². The number of esters is 1. The molecule has 0 fully saturated rings. The number of nitrogens with one attached hydrogen (secondary N) is 1. The largest absolute Gasteiger partial charge is 0.455 e. The molecule has 0 unspecified atom stereocenters. The number of thioether (sulfide) groups is 1. The number of benzene rings is 1. The first kappa shape index (κ1) is 15.1. The Balaban J connectivity index is 2.33. The Morgan fingerprint density at radius 3 is 2.74 bits per heavy atom. The number of rotatable bonds is 6. The molecule has 1 aromatic carbocycles. The predicted molar refractivity (Wildman–Crippen MR) is 74.6 cm³/mol. The van der Waals surface area contributed by atoms with Crippen molar-refractivity contribution in [3.05, 3.63) is 30.3 Å². The average molecular weight is 277 g/mol.